The maximum Gasteiger partial charge on any atom is 0.422 e. The highest BCUT2D eigenvalue weighted by Gasteiger charge is 2.30. The molecule has 7 nitrogen and oxygen atoms in total. The van der Waals surface area contributed by atoms with Gasteiger partial charge < -0.3 is 14.8 Å². The number of nitrogens with zero attached hydrogens (tertiary/aromatic N) is 2. The number of aromatic nitrogens is 2. The van der Waals surface area contributed by atoms with Crippen LogP contribution in [0.3, 0.4) is 0 Å². The Morgan fingerprint density at radius 3 is 2.11 bits per heavy atom. The number of hydrogen-bond acceptors (Lipinski definition) is 6. The van der Waals surface area contributed by atoms with E-state index in [-0.39, 0.29) is 24.9 Å². The molecule has 0 saturated heterocycles. The molecule has 0 bridgehead atoms. The highest BCUT2D eigenvalue weighted by molar-refractivity contribution is 5.99. The molecule has 0 amide bonds. The number of anilines is 1. The molecule has 1 N–H and O–H groups in total. The molecule has 7 heteroatoms. The van der Waals surface area contributed by atoms with Gasteiger partial charge in [-0.15, -0.1) is 0 Å². The summed E-state index contributed by atoms with van der Waals surface area (Å²) >= 11 is 0. The molecule has 0 aliphatic rings. The standard InChI is InChI=1S/C28H27N3O4/c1-3-34-26(32)25-24(23-16-14-20(2)15-17-23)30-27(29-18-21-10-6-4-7-11-21)31(25)28(33)35-19-22-12-8-5-9-13-22/h4-17H,3,18-19H2,1-2H3,(H,29,30). The van der Waals surface area contributed by atoms with Gasteiger partial charge in [0.15, 0.2) is 5.69 Å². The molecule has 0 atom stereocenters. The van der Waals surface area contributed by atoms with Crippen molar-refractivity contribution in [2.75, 3.05) is 11.9 Å². The summed E-state index contributed by atoms with van der Waals surface area (Å²) in [6, 6.07) is 26.6. The summed E-state index contributed by atoms with van der Waals surface area (Å²) in [7, 11) is 0. The van der Waals surface area contributed by atoms with E-state index < -0.39 is 12.1 Å². The minimum atomic E-state index is -0.724. The topological polar surface area (TPSA) is 82.5 Å². The van der Waals surface area contributed by atoms with Crippen LogP contribution in [0.2, 0.25) is 0 Å². The zero-order valence-electron chi connectivity index (χ0n) is 19.7. The van der Waals surface area contributed by atoms with E-state index in [0.717, 1.165) is 16.7 Å². The van der Waals surface area contributed by atoms with Gasteiger partial charge in [-0.25, -0.2) is 19.1 Å². The first kappa shape index (κ1) is 23.8. The summed E-state index contributed by atoms with van der Waals surface area (Å²) in [6.07, 6.45) is -0.724. The van der Waals surface area contributed by atoms with Crippen LogP contribution in [0.4, 0.5) is 10.7 Å². The molecule has 0 aliphatic heterocycles. The van der Waals surface area contributed by atoms with Crippen molar-refractivity contribution in [2.45, 2.75) is 27.0 Å². The van der Waals surface area contributed by atoms with Crippen molar-refractivity contribution >= 4 is 18.0 Å². The van der Waals surface area contributed by atoms with Crippen LogP contribution in [0.5, 0.6) is 0 Å². The number of carbonyl (C=O) groups is 2. The van der Waals surface area contributed by atoms with Gasteiger partial charge in [0.05, 0.1) is 6.61 Å². The molecule has 35 heavy (non-hydrogen) atoms. The van der Waals surface area contributed by atoms with E-state index in [1.165, 1.54) is 4.57 Å². The molecule has 1 aromatic heterocycles. The molecule has 4 rings (SSSR count). The Balaban J connectivity index is 1.76. The van der Waals surface area contributed by atoms with Crippen LogP contribution >= 0.6 is 0 Å². The second-order valence-electron chi connectivity index (χ2n) is 7.93. The lowest BCUT2D eigenvalue weighted by atomic mass is 10.1. The molecular formula is C28H27N3O4. The molecule has 178 valence electrons. The number of ether oxygens (including phenoxy) is 2. The Labute approximate surface area is 204 Å². The number of hydrogen-bond donors (Lipinski definition) is 1. The van der Waals surface area contributed by atoms with E-state index in [1.807, 2.05) is 91.9 Å². The van der Waals surface area contributed by atoms with Crippen LogP contribution in [0, 0.1) is 6.92 Å². The fourth-order valence-corrected chi connectivity index (χ4v) is 3.58. The predicted octanol–water partition coefficient (Wildman–Crippen LogP) is 5.83. The zero-order valence-corrected chi connectivity index (χ0v) is 19.7. The summed E-state index contributed by atoms with van der Waals surface area (Å²) in [4.78, 5) is 31.1. The van der Waals surface area contributed by atoms with Gasteiger partial charge in [0.25, 0.3) is 0 Å². The van der Waals surface area contributed by atoms with E-state index >= 15 is 0 Å². The second-order valence-corrected chi connectivity index (χ2v) is 7.93. The quantitative estimate of drug-likeness (QED) is 0.327. The first-order valence-electron chi connectivity index (χ1n) is 11.4. The first-order valence-corrected chi connectivity index (χ1v) is 11.4. The van der Waals surface area contributed by atoms with Gasteiger partial charge in [-0.1, -0.05) is 90.5 Å². The Hall–Kier alpha value is -4.39. The number of esters is 1. The Bertz CT molecular complexity index is 1280. The third-order valence-electron chi connectivity index (χ3n) is 5.35. The highest BCUT2D eigenvalue weighted by atomic mass is 16.6. The van der Waals surface area contributed by atoms with Crippen molar-refractivity contribution in [3.05, 3.63) is 107 Å². The lowest BCUT2D eigenvalue weighted by molar-refractivity contribution is 0.0512. The summed E-state index contributed by atoms with van der Waals surface area (Å²) in [5, 5.41) is 3.19. The normalized spacial score (nSPS) is 10.6. The van der Waals surface area contributed by atoms with E-state index in [1.54, 1.807) is 6.92 Å². The third-order valence-corrected chi connectivity index (χ3v) is 5.35. The summed E-state index contributed by atoms with van der Waals surface area (Å²) in [6.45, 7) is 4.30. The number of benzene rings is 3. The van der Waals surface area contributed by atoms with Crippen molar-refractivity contribution in [3.63, 3.8) is 0 Å². The van der Waals surface area contributed by atoms with Gasteiger partial charge in [0, 0.05) is 12.1 Å². The molecule has 0 spiro atoms. The fourth-order valence-electron chi connectivity index (χ4n) is 3.58. The Morgan fingerprint density at radius 1 is 0.857 bits per heavy atom. The highest BCUT2D eigenvalue weighted by Crippen LogP contribution is 2.29. The lowest BCUT2D eigenvalue weighted by Gasteiger charge is -2.12. The molecule has 4 aromatic rings. The van der Waals surface area contributed by atoms with Crippen molar-refractivity contribution in [1.82, 2.24) is 9.55 Å². The van der Waals surface area contributed by atoms with Gasteiger partial charge in [-0.3, -0.25) is 0 Å². The molecule has 0 saturated carbocycles. The molecular weight excluding hydrogens is 442 g/mol. The monoisotopic (exact) mass is 469 g/mol. The average molecular weight is 470 g/mol. The average Bonchev–Trinajstić information content (AvgIpc) is 3.27. The molecule has 0 fully saturated rings. The Kier molecular flexibility index (Phi) is 7.57. The van der Waals surface area contributed by atoms with Crippen molar-refractivity contribution in [1.29, 1.82) is 0 Å². The SMILES string of the molecule is CCOC(=O)c1c(-c2ccc(C)cc2)nc(NCc2ccccc2)n1C(=O)OCc1ccccc1. The first-order chi connectivity index (χ1) is 17.1. The van der Waals surface area contributed by atoms with Crippen LogP contribution < -0.4 is 5.32 Å². The minimum Gasteiger partial charge on any atom is -0.461 e. The maximum absolute atomic E-state index is 13.3. The van der Waals surface area contributed by atoms with Crippen LogP contribution in [0.1, 0.15) is 34.1 Å². The number of aryl methyl sites for hydroxylation is 1. The van der Waals surface area contributed by atoms with Gasteiger partial charge >= 0.3 is 12.1 Å². The van der Waals surface area contributed by atoms with Crippen molar-refractivity contribution in [2.24, 2.45) is 0 Å². The van der Waals surface area contributed by atoms with E-state index in [0.29, 0.717) is 17.8 Å². The van der Waals surface area contributed by atoms with E-state index in [4.69, 9.17) is 9.47 Å². The largest absolute Gasteiger partial charge is 0.461 e. The van der Waals surface area contributed by atoms with Gasteiger partial charge in [-0.2, -0.15) is 0 Å². The number of carbonyl (C=O) groups excluding carboxylic acids is 2. The third kappa shape index (κ3) is 5.76. The van der Waals surface area contributed by atoms with E-state index in [2.05, 4.69) is 10.3 Å². The van der Waals surface area contributed by atoms with Crippen LogP contribution in [0.25, 0.3) is 11.3 Å². The summed E-state index contributed by atoms with van der Waals surface area (Å²) in [5.41, 5.74) is 3.94. The van der Waals surface area contributed by atoms with Crippen molar-refractivity contribution in [3.8, 4) is 11.3 Å². The lowest BCUT2D eigenvalue weighted by Crippen LogP contribution is -2.23. The fraction of sp³-hybridized carbons (Fsp3) is 0.179. The van der Waals surface area contributed by atoms with Crippen molar-refractivity contribution < 1.29 is 19.1 Å². The van der Waals surface area contributed by atoms with Crippen LogP contribution in [-0.4, -0.2) is 28.2 Å². The summed E-state index contributed by atoms with van der Waals surface area (Å²) in [5.74, 6) is -0.453. The molecule has 0 radical (unpaired) electrons. The molecule has 0 aliphatic carbocycles. The Morgan fingerprint density at radius 2 is 1.49 bits per heavy atom. The number of nitrogens with one attached hydrogen (secondary N) is 1. The number of imidazole rings is 1. The van der Waals surface area contributed by atoms with Crippen LogP contribution in [0.15, 0.2) is 84.9 Å². The zero-order chi connectivity index (χ0) is 24.6. The van der Waals surface area contributed by atoms with Gasteiger partial charge in [0.1, 0.15) is 12.3 Å². The predicted molar refractivity (Wildman–Crippen MR) is 134 cm³/mol. The van der Waals surface area contributed by atoms with Gasteiger partial charge in [-0.05, 0) is 25.0 Å². The molecule has 0 unspecified atom stereocenters. The van der Waals surface area contributed by atoms with E-state index in [9.17, 15) is 9.59 Å². The minimum absolute atomic E-state index is 0.0179. The maximum atomic E-state index is 13.3. The smallest absolute Gasteiger partial charge is 0.422 e. The van der Waals surface area contributed by atoms with Crippen LogP contribution in [-0.2, 0) is 22.6 Å². The van der Waals surface area contributed by atoms with Gasteiger partial charge in [0.2, 0.25) is 5.95 Å². The second kappa shape index (κ2) is 11.2. The summed E-state index contributed by atoms with van der Waals surface area (Å²) < 4.78 is 12.1. The molecule has 3 aromatic carbocycles. The molecule has 1 heterocycles. The number of rotatable bonds is 8.